The lowest BCUT2D eigenvalue weighted by molar-refractivity contribution is -0.148. The first-order valence-corrected chi connectivity index (χ1v) is 7.66. The number of hydrogen-bond acceptors (Lipinski definition) is 5. The molecule has 0 spiro atoms. The Hall–Kier alpha value is -1.89. The number of urea groups is 1. The van der Waals surface area contributed by atoms with E-state index >= 15 is 0 Å². The number of hydrogen-bond donors (Lipinski definition) is 2. The Balaban J connectivity index is 2.14. The van der Waals surface area contributed by atoms with Gasteiger partial charge in [0.2, 0.25) is 0 Å². The van der Waals surface area contributed by atoms with Gasteiger partial charge in [-0.05, 0) is 34.7 Å². The molecule has 0 radical (unpaired) electrons. The zero-order valence-corrected chi connectivity index (χ0v) is 13.0. The van der Waals surface area contributed by atoms with Gasteiger partial charge in [0.25, 0.3) is 5.91 Å². The van der Waals surface area contributed by atoms with Crippen molar-refractivity contribution >= 4 is 29.2 Å². The molecule has 1 aromatic heterocycles. The molecule has 0 unspecified atom stereocenters. The van der Waals surface area contributed by atoms with Crippen molar-refractivity contribution in [3.05, 3.63) is 22.4 Å². The first-order chi connectivity index (χ1) is 9.97. The summed E-state index contributed by atoms with van der Waals surface area (Å²) in [5, 5.41) is 8.52. The average Bonchev–Trinajstić information content (AvgIpc) is 2.94. The zero-order valence-electron chi connectivity index (χ0n) is 12.2. The van der Waals surface area contributed by atoms with Crippen LogP contribution in [-0.4, -0.2) is 31.1 Å². The molecule has 0 fully saturated rings. The smallest absolute Gasteiger partial charge is 0.321 e. The topological polar surface area (TPSA) is 84.5 Å². The van der Waals surface area contributed by atoms with Gasteiger partial charge in [-0.2, -0.15) is 11.3 Å². The molecule has 6 nitrogen and oxygen atoms in total. The number of carbonyl (C=O) groups is 3. The van der Waals surface area contributed by atoms with Gasteiger partial charge in [0.1, 0.15) is 0 Å². The molecule has 3 amide bonds. The number of imide groups is 1. The summed E-state index contributed by atoms with van der Waals surface area (Å²) < 4.78 is 4.80. The van der Waals surface area contributed by atoms with Crippen LogP contribution in [0.15, 0.2) is 16.8 Å². The lowest BCUT2D eigenvalue weighted by Gasteiger charge is -2.08. The Morgan fingerprint density at radius 1 is 1.33 bits per heavy atom. The summed E-state index contributed by atoms with van der Waals surface area (Å²) in [5.41, 5.74) is 1.06. The highest BCUT2D eigenvalue weighted by Gasteiger charge is 2.11. The maximum Gasteiger partial charge on any atom is 0.321 e. The maximum absolute atomic E-state index is 11.4. The highest BCUT2D eigenvalue weighted by atomic mass is 32.1. The molecule has 1 rings (SSSR count). The van der Waals surface area contributed by atoms with Gasteiger partial charge in [-0.25, -0.2) is 4.79 Å². The summed E-state index contributed by atoms with van der Waals surface area (Å²) in [6.07, 6.45) is 0.794. The molecule has 2 N–H and O–H groups in total. The van der Waals surface area contributed by atoms with Crippen molar-refractivity contribution < 1.29 is 19.1 Å². The second-order valence-electron chi connectivity index (χ2n) is 4.94. The lowest BCUT2D eigenvalue weighted by Crippen LogP contribution is -2.42. The van der Waals surface area contributed by atoms with Gasteiger partial charge in [-0.15, -0.1) is 0 Å². The molecule has 7 heteroatoms. The molecule has 0 aliphatic carbocycles. The molecule has 0 aromatic carbocycles. The monoisotopic (exact) mass is 312 g/mol. The van der Waals surface area contributed by atoms with Crippen molar-refractivity contribution in [2.45, 2.75) is 26.7 Å². The average molecular weight is 312 g/mol. The molecule has 21 heavy (non-hydrogen) atoms. The van der Waals surface area contributed by atoms with Gasteiger partial charge >= 0.3 is 12.0 Å². The van der Waals surface area contributed by atoms with Crippen molar-refractivity contribution in [3.63, 3.8) is 0 Å². The normalized spacial score (nSPS) is 10.2. The summed E-state index contributed by atoms with van der Waals surface area (Å²) in [6, 6.07) is 1.35. The summed E-state index contributed by atoms with van der Waals surface area (Å²) in [7, 11) is 0. The van der Waals surface area contributed by atoms with Crippen molar-refractivity contribution in [2.24, 2.45) is 5.92 Å². The molecule has 0 saturated heterocycles. The predicted octanol–water partition coefficient (Wildman–Crippen LogP) is 1.71. The summed E-state index contributed by atoms with van der Waals surface area (Å²) in [4.78, 5) is 34.1. The Kier molecular flexibility index (Phi) is 7.45. The van der Waals surface area contributed by atoms with E-state index in [0.29, 0.717) is 18.9 Å². The Morgan fingerprint density at radius 3 is 2.71 bits per heavy atom. The zero-order chi connectivity index (χ0) is 15.7. The molecule has 1 aromatic rings. The second kappa shape index (κ2) is 9.12. The van der Waals surface area contributed by atoms with E-state index in [1.54, 1.807) is 11.3 Å². The van der Waals surface area contributed by atoms with Gasteiger partial charge < -0.3 is 10.1 Å². The summed E-state index contributed by atoms with van der Waals surface area (Å²) >= 11 is 1.56. The molecule has 0 saturated carbocycles. The standard InChI is InChI=1S/C14H20N2O4S/c1-10(2)7-15-14(19)16-12(17)8-20-13(18)4-3-11-5-6-21-9-11/h5-6,9-10H,3-4,7-8H2,1-2H3,(H2,15,16,17,19). The van der Waals surface area contributed by atoms with Gasteiger partial charge in [0, 0.05) is 13.0 Å². The van der Waals surface area contributed by atoms with Crippen LogP contribution in [0.1, 0.15) is 25.8 Å². The third-order valence-corrected chi connectivity index (χ3v) is 3.22. The number of aryl methyl sites for hydroxylation is 1. The van der Waals surface area contributed by atoms with E-state index in [-0.39, 0.29) is 6.42 Å². The fourth-order valence-corrected chi connectivity index (χ4v) is 2.11. The number of esters is 1. The molecule has 0 atom stereocenters. The number of amides is 3. The van der Waals surface area contributed by atoms with Gasteiger partial charge in [-0.1, -0.05) is 13.8 Å². The second-order valence-corrected chi connectivity index (χ2v) is 5.72. The van der Waals surface area contributed by atoms with Crippen LogP contribution in [0.3, 0.4) is 0 Å². The fraction of sp³-hybridized carbons (Fsp3) is 0.500. The van der Waals surface area contributed by atoms with Crippen LogP contribution >= 0.6 is 11.3 Å². The molecule has 116 valence electrons. The quantitative estimate of drug-likeness (QED) is 0.751. The van der Waals surface area contributed by atoms with Gasteiger partial charge in [-0.3, -0.25) is 14.9 Å². The van der Waals surface area contributed by atoms with Crippen molar-refractivity contribution in [1.82, 2.24) is 10.6 Å². The maximum atomic E-state index is 11.4. The Bertz CT molecular complexity index is 471. The van der Waals surface area contributed by atoms with E-state index in [9.17, 15) is 14.4 Å². The van der Waals surface area contributed by atoms with E-state index < -0.39 is 24.5 Å². The van der Waals surface area contributed by atoms with Crippen LogP contribution < -0.4 is 10.6 Å². The predicted molar refractivity (Wildman–Crippen MR) is 80.0 cm³/mol. The largest absolute Gasteiger partial charge is 0.456 e. The molecule has 0 aliphatic rings. The van der Waals surface area contributed by atoms with Crippen LogP contribution in [0.25, 0.3) is 0 Å². The third-order valence-electron chi connectivity index (χ3n) is 2.49. The number of nitrogens with one attached hydrogen (secondary N) is 2. The number of rotatable bonds is 7. The fourth-order valence-electron chi connectivity index (χ4n) is 1.40. The van der Waals surface area contributed by atoms with Gasteiger partial charge in [0.15, 0.2) is 6.61 Å². The number of carbonyl (C=O) groups excluding carboxylic acids is 3. The molecular formula is C14H20N2O4S. The van der Waals surface area contributed by atoms with E-state index in [4.69, 9.17) is 4.74 Å². The highest BCUT2D eigenvalue weighted by Crippen LogP contribution is 2.08. The van der Waals surface area contributed by atoms with Crippen molar-refractivity contribution in [2.75, 3.05) is 13.2 Å². The first kappa shape index (κ1) is 17.2. The number of thiophene rings is 1. The molecule has 0 bridgehead atoms. The molecular weight excluding hydrogens is 292 g/mol. The lowest BCUT2D eigenvalue weighted by atomic mass is 10.2. The molecule has 0 aliphatic heterocycles. The highest BCUT2D eigenvalue weighted by molar-refractivity contribution is 7.07. The minimum absolute atomic E-state index is 0.212. The van der Waals surface area contributed by atoms with Crippen LogP contribution in [0.4, 0.5) is 4.79 Å². The van der Waals surface area contributed by atoms with Gasteiger partial charge in [0.05, 0.1) is 0 Å². The minimum Gasteiger partial charge on any atom is -0.456 e. The van der Waals surface area contributed by atoms with Crippen LogP contribution in [-0.2, 0) is 20.7 Å². The SMILES string of the molecule is CC(C)CNC(=O)NC(=O)COC(=O)CCc1ccsc1. The molecule has 1 heterocycles. The third kappa shape index (κ3) is 8.09. The Labute approximate surface area is 127 Å². The first-order valence-electron chi connectivity index (χ1n) is 6.71. The van der Waals surface area contributed by atoms with E-state index in [0.717, 1.165) is 5.56 Å². The van der Waals surface area contributed by atoms with E-state index in [2.05, 4.69) is 10.6 Å². The van der Waals surface area contributed by atoms with E-state index in [1.807, 2.05) is 30.7 Å². The minimum atomic E-state index is -0.639. The Morgan fingerprint density at radius 2 is 2.10 bits per heavy atom. The number of ether oxygens (including phenoxy) is 1. The van der Waals surface area contributed by atoms with Crippen molar-refractivity contribution in [3.8, 4) is 0 Å². The summed E-state index contributed by atoms with van der Waals surface area (Å²) in [6.45, 7) is 3.91. The van der Waals surface area contributed by atoms with Crippen LogP contribution in [0, 0.1) is 5.92 Å². The van der Waals surface area contributed by atoms with Crippen LogP contribution in [0.5, 0.6) is 0 Å². The summed E-state index contributed by atoms with van der Waals surface area (Å²) in [5.74, 6) is -0.806. The van der Waals surface area contributed by atoms with E-state index in [1.165, 1.54) is 0 Å². The van der Waals surface area contributed by atoms with Crippen molar-refractivity contribution in [1.29, 1.82) is 0 Å². The van der Waals surface area contributed by atoms with Crippen LogP contribution in [0.2, 0.25) is 0 Å².